The lowest BCUT2D eigenvalue weighted by Crippen LogP contribution is -1.98. The molecule has 0 amide bonds. The molecule has 0 unspecified atom stereocenters. The van der Waals surface area contributed by atoms with E-state index in [1.54, 1.807) is 30.6 Å². The summed E-state index contributed by atoms with van der Waals surface area (Å²) >= 11 is 3.04. The van der Waals surface area contributed by atoms with Crippen molar-refractivity contribution in [2.45, 2.75) is 0 Å². The van der Waals surface area contributed by atoms with Crippen LogP contribution in [-0.2, 0) is 0 Å². The Bertz CT molecular complexity index is 837. The third-order valence-corrected chi connectivity index (χ3v) is 3.74. The Kier molecular flexibility index (Phi) is 3.47. The summed E-state index contributed by atoms with van der Waals surface area (Å²) < 4.78 is 27.3. The zero-order valence-electron chi connectivity index (χ0n) is 10.7. The Hall–Kier alpha value is -2.21. The summed E-state index contributed by atoms with van der Waals surface area (Å²) in [5.74, 6) is -1.32. The molecule has 0 aliphatic carbocycles. The number of fused-ring (bicyclic) bond motifs is 1. The van der Waals surface area contributed by atoms with Crippen molar-refractivity contribution in [2.24, 2.45) is 0 Å². The lowest BCUT2D eigenvalue weighted by molar-refractivity contribution is 0.581. The van der Waals surface area contributed by atoms with E-state index >= 15 is 0 Å². The fraction of sp³-hybridized carbons (Fsp3) is 0. The number of hydrogen-bond donors (Lipinski definition) is 2. The highest BCUT2D eigenvalue weighted by Gasteiger charge is 2.10. The second-order valence-electron chi connectivity index (χ2n) is 4.49. The highest BCUT2D eigenvalue weighted by molar-refractivity contribution is 9.10. The van der Waals surface area contributed by atoms with Gasteiger partial charge >= 0.3 is 0 Å². The number of hydrogen-bond acceptors (Lipinski definition) is 3. The van der Waals surface area contributed by atoms with Crippen LogP contribution in [0.3, 0.4) is 0 Å². The fourth-order valence-electron chi connectivity index (χ4n) is 2.08. The number of aromatic nitrogens is 1. The number of nitrogens with one attached hydrogen (secondary N) is 1. The normalized spacial score (nSPS) is 10.8. The summed E-state index contributed by atoms with van der Waals surface area (Å²) in [7, 11) is 0. The van der Waals surface area contributed by atoms with E-state index in [9.17, 15) is 8.78 Å². The van der Waals surface area contributed by atoms with Crippen molar-refractivity contribution in [1.82, 2.24) is 4.98 Å². The maximum absolute atomic E-state index is 13.8. The van der Waals surface area contributed by atoms with Crippen LogP contribution in [-0.4, -0.2) is 4.98 Å². The van der Waals surface area contributed by atoms with Gasteiger partial charge in [-0.3, -0.25) is 4.98 Å². The molecule has 0 aliphatic heterocycles. The van der Waals surface area contributed by atoms with Crippen LogP contribution in [0, 0.1) is 11.6 Å². The van der Waals surface area contributed by atoms with Gasteiger partial charge < -0.3 is 11.1 Å². The number of anilines is 3. The Balaban J connectivity index is 2.11. The van der Waals surface area contributed by atoms with Crippen LogP contribution in [0.25, 0.3) is 10.8 Å². The Labute approximate surface area is 127 Å². The van der Waals surface area contributed by atoms with E-state index in [2.05, 4.69) is 26.2 Å². The SMILES string of the molecule is Nc1ccc(Nc2cc(Br)c(F)cc2F)c2ccncc12. The van der Waals surface area contributed by atoms with Crippen LogP contribution in [0.5, 0.6) is 0 Å². The first-order valence-corrected chi connectivity index (χ1v) is 6.89. The number of nitrogen functional groups attached to an aromatic ring is 1. The average Bonchev–Trinajstić information content (AvgIpc) is 2.48. The van der Waals surface area contributed by atoms with E-state index in [-0.39, 0.29) is 10.2 Å². The maximum atomic E-state index is 13.8. The van der Waals surface area contributed by atoms with Gasteiger partial charge in [-0.15, -0.1) is 0 Å². The third kappa shape index (κ3) is 2.54. The van der Waals surface area contributed by atoms with Crippen molar-refractivity contribution in [3.63, 3.8) is 0 Å². The predicted molar refractivity (Wildman–Crippen MR) is 83.5 cm³/mol. The minimum absolute atomic E-state index is 0.172. The molecule has 2 aromatic carbocycles. The van der Waals surface area contributed by atoms with Crippen molar-refractivity contribution in [1.29, 1.82) is 0 Å². The molecule has 0 saturated heterocycles. The molecule has 0 spiro atoms. The van der Waals surface area contributed by atoms with Gasteiger partial charge in [0.2, 0.25) is 0 Å². The van der Waals surface area contributed by atoms with Gasteiger partial charge in [0, 0.05) is 40.6 Å². The summed E-state index contributed by atoms with van der Waals surface area (Å²) in [6.07, 6.45) is 3.27. The molecule has 0 fully saturated rings. The van der Waals surface area contributed by atoms with Crippen molar-refractivity contribution in [2.75, 3.05) is 11.1 Å². The second kappa shape index (κ2) is 5.29. The van der Waals surface area contributed by atoms with E-state index in [1.165, 1.54) is 6.07 Å². The minimum atomic E-state index is -0.672. The molecule has 1 heterocycles. The maximum Gasteiger partial charge on any atom is 0.149 e. The van der Waals surface area contributed by atoms with E-state index in [4.69, 9.17) is 5.73 Å². The van der Waals surface area contributed by atoms with Gasteiger partial charge in [-0.1, -0.05) is 0 Å². The van der Waals surface area contributed by atoms with Gasteiger partial charge in [-0.2, -0.15) is 0 Å². The molecule has 3 aromatic rings. The summed E-state index contributed by atoms with van der Waals surface area (Å²) in [5.41, 5.74) is 7.32. The molecule has 3 rings (SSSR count). The first-order chi connectivity index (χ1) is 10.1. The second-order valence-corrected chi connectivity index (χ2v) is 5.35. The van der Waals surface area contributed by atoms with E-state index in [0.717, 1.165) is 16.8 Å². The van der Waals surface area contributed by atoms with Crippen molar-refractivity contribution < 1.29 is 8.78 Å². The fourth-order valence-corrected chi connectivity index (χ4v) is 2.43. The molecule has 3 nitrogen and oxygen atoms in total. The number of rotatable bonds is 2. The number of benzene rings is 2. The van der Waals surface area contributed by atoms with Crippen LogP contribution in [0.2, 0.25) is 0 Å². The van der Waals surface area contributed by atoms with Crippen LogP contribution in [0.15, 0.2) is 47.2 Å². The Morgan fingerprint density at radius 2 is 1.81 bits per heavy atom. The van der Waals surface area contributed by atoms with Crippen LogP contribution < -0.4 is 11.1 Å². The van der Waals surface area contributed by atoms with Gasteiger partial charge in [-0.25, -0.2) is 8.78 Å². The molecule has 0 saturated carbocycles. The summed E-state index contributed by atoms with van der Waals surface area (Å²) in [6, 6.07) is 7.42. The van der Waals surface area contributed by atoms with Gasteiger partial charge in [-0.05, 0) is 40.2 Å². The lowest BCUT2D eigenvalue weighted by atomic mass is 10.1. The molecule has 0 bridgehead atoms. The lowest BCUT2D eigenvalue weighted by Gasteiger charge is -2.12. The first kappa shape index (κ1) is 13.8. The highest BCUT2D eigenvalue weighted by Crippen LogP contribution is 2.32. The zero-order chi connectivity index (χ0) is 15.0. The Morgan fingerprint density at radius 1 is 1.00 bits per heavy atom. The molecular formula is C15H10BrF2N3. The standard InChI is InChI=1S/C15H10BrF2N3/c16-10-5-15(12(18)6-11(10)17)21-14-2-1-13(19)9-7-20-4-3-8(9)14/h1-7,21H,19H2. The number of halogens is 3. The number of nitrogens with zero attached hydrogens (tertiary/aromatic N) is 1. The third-order valence-electron chi connectivity index (χ3n) is 3.13. The van der Waals surface area contributed by atoms with E-state index in [1.807, 2.05) is 0 Å². The van der Waals surface area contributed by atoms with Crippen LogP contribution in [0.4, 0.5) is 25.8 Å². The average molecular weight is 350 g/mol. The number of nitrogens with two attached hydrogens (primary N) is 1. The predicted octanol–water partition coefficient (Wildman–Crippen LogP) is 4.60. The van der Waals surface area contributed by atoms with Gasteiger partial charge in [0.05, 0.1) is 10.2 Å². The summed E-state index contributed by atoms with van der Waals surface area (Å²) in [4.78, 5) is 4.03. The largest absolute Gasteiger partial charge is 0.398 e. The molecular weight excluding hydrogens is 340 g/mol. The Morgan fingerprint density at radius 3 is 2.62 bits per heavy atom. The molecule has 0 atom stereocenters. The monoisotopic (exact) mass is 349 g/mol. The first-order valence-electron chi connectivity index (χ1n) is 6.10. The van der Waals surface area contributed by atoms with Crippen LogP contribution >= 0.6 is 15.9 Å². The molecule has 106 valence electrons. The molecule has 21 heavy (non-hydrogen) atoms. The zero-order valence-corrected chi connectivity index (χ0v) is 12.3. The topological polar surface area (TPSA) is 50.9 Å². The van der Waals surface area contributed by atoms with Gasteiger partial charge in [0.15, 0.2) is 0 Å². The highest BCUT2D eigenvalue weighted by atomic mass is 79.9. The van der Waals surface area contributed by atoms with Crippen molar-refractivity contribution in [3.8, 4) is 0 Å². The molecule has 3 N–H and O–H groups in total. The molecule has 1 aromatic heterocycles. The number of pyridine rings is 1. The summed E-state index contributed by atoms with van der Waals surface area (Å²) in [5, 5.41) is 4.53. The van der Waals surface area contributed by atoms with Gasteiger partial charge in [0.1, 0.15) is 11.6 Å². The smallest absolute Gasteiger partial charge is 0.149 e. The van der Waals surface area contributed by atoms with E-state index in [0.29, 0.717) is 11.4 Å². The molecule has 6 heteroatoms. The van der Waals surface area contributed by atoms with Crippen molar-refractivity contribution in [3.05, 3.63) is 58.8 Å². The summed E-state index contributed by atoms with van der Waals surface area (Å²) in [6.45, 7) is 0. The van der Waals surface area contributed by atoms with Gasteiger partial charge in [0.25, 0.3) is 0 Å². The molecule has 0 aliphatic rings. The molecule has 0 radical (unpaired) electrons. The van der Waals surface area contributed by atoms with Crippen molar-refractivity contribution >= 4 is 43.8 Å². The van der Waals surface area contributed by atoms with Crippen LogP contribution in [0.1, 0.15) is 0 Å². The quantitative estimate of drug-likeness (QED) is 0.525. The minimum Gasteiger partial charge on any atom is -0.398 e. The van der Waals surface area contributed by atoms with E-state index < -0.39 is 11.6 Å².